The van der Waals surface area contributed by atoms with E-state index in [1.807, 2.05) is 0 Å². The molecule has 130 valence electrons. The SMILES string of the molecule is COc1ccc([N+](=O)[O-])cc1NC(=O)C(=O)NC1CCCCCC1. The van der Waals surface area contributed by atoms with Gasteiger partial charge in [-0.15, -0.1) is 0 Å². The second kappa shape index (κ2) is 8.28. The van der Waals surface area contributed by atoms with Crippen LogP contribution in [0.15, 0.2) is 18.2 Å². The topological polar surface area (TPSA) is 111 Å². The molecule has 2 N–H and O–H groups in total. The van der Waals surface area contributed by atoms with Gasteiger partial charge >= 0.3 is 11.8 Å². The maximum Gasteiger partial charge on any atom is 0.313 e. The van der Waals surface area contributed by atoms with E-state index in [1.165, 1.54) is 19.2 Å². The monoisotopic (exact) mass is 335 g/mol. The molecule has 0 bridgehead atoms. The number of carbonyl (C=O) groups is 2. The van der Waals surface area contributed by atoms with Gasteiger partial charge in [0.15, 0.2) is 0 Å². The number of nitrogens with one attached hydrogen (secondary N) is 2. The maximum atomic E-state index is 12.1. The van der Waals surface area contributed by atoms with Crippen LogP contribution in [0.2, 0.25) is 0 Å². The number of carbonyl (C=O) groups excluding carboxylic acids is 2. The van der Waals surface area contributed by atoms with Crippen molar-refractivity contribution in [1.29, 1.82) is 0 Å². The summed E-state index contributed by atoms with van der Waals surface area (Å²) in [4.78, 5) is 34.4. The number of rotatable bonds is 4. The molecule has 0 radical (unpaired) electrons. The third-order valence-electron chi connectivity index (χ3n) is 4.04. The molecule has 1 aliphatic carbocycles. The fourth-order valence-corrected chi connectivity index (χ4v) is 2.76. The molecule has 0 atom stereocenters. The molecule has 1 aromatic carbocycles. The van der Waals surface area contributed by atoms with Crippen LogP contribution < -0.4 is 15.4 Å². The van der Waals surface area contributed by atoms with Gasteiger partial charge < -0.3 is 15.4 Å². The Morgan fingerprint density at radius 1 is 1.17 bits per heavy atom. The summed E-state index contributed by atoms with van der Waals surface area (Å²) in [6.07, 6.45) is 6.07. The van der Waals surface area contributed by atoms with Crippen LogP contribution in [0.5, 0.6) is 5.75 Å². The highest BCUT2D eigenvalue weighted by Gasteiger charge is 2.21. The van der Waals surface area contributed by atoms with Gasteiger partial charge in [0.25, 0.3) is 5.69 Å². The molecule has 1 fully saturated rings. The Bertz CT molecular complexity index is 624. The lowest BCUT2D eigenvalue weighted by atomic mass is 10.1. The van der Waals surface area contributed by atoms with Crippen molar-refractivity contribution in [2.75, 3.05) is 12.4 Å². The summed E-state index contributed by atoms with van der Waals surface area (Å²) in [5.74, 6) is -1.36. The summed E-state index contributed by atoms with van der Waals surface area (Å²) in [7, 11) is 1.38. The summed E-state index contributed by atoms with van der Waals surface area (Å²) in [5.41, 5.74) is -0.108. The molecule has 1 aliphatic rings. The molecule has 0 aliphatic heterocycles. The quantitative estimate of drug-likeness (QED) is 0.380. The third-order valence-corrected chi connectivity index (χ3v) is 4.04. The highest BCUT2D eigenvalue weighted by Crippen LogP contribution is 2.28. The van der Waals surface area contributed by atoms with E-state index in [4.69, 9.17) is 4.74 Å². The highest BCUT2D eigenvalue weighted by molar-refractivity contribution is 6.39. The van der Waals surface area contributed by atoms with Crippen LogP contribution in [-0.2, 0) is 9.59 Å². The number of anilines is 1. The number of nitro benzene ring substituents is 1. The molecule has 0 aromatic heterocycles. The fourth-order valence-electron chi connectivity index (χ4n) is 2.76. The molecule has 0 unspecified atom stereocenters. The summed E-state index contributed by atoms with van der Waals surface area (Å²) >= 11 is 0. The zero-order valence-electron chi connectivity index (χ0n) is 13.5. The van der Waals surface area contributed by atoms with Gasteiger partial charge in [0.2, 0.25) is 0 Å². The average Bonchev–Trinajstić information content (AvgIpc) is 2.83. The minimum Gasteiger partial charge on any atom is -0.495 e. The molecule has 0 spiro atoms. The van der Waals surface area contributed by atoms with E-state index in [2.05, 4.69) is 10.6 Å². The lowest BCUT2D eigenvalue weighted by molar-refractivity contribution is -0.384. The van der Waals surface area contributed by atoms with Crippen LogP contribution in [0.1, 0.15) is 38.5 Å². The van der Waals surface area contributed by atoms with Gasteiger partial charge in [-0.1, -0.05) is 25.7 Å². The predicted molar refractivity (Wildman–Crippen MR) is 87.9 cm³/mol. The van der Waals surface area contributed by atoms with Gasteiger partial charge in [-0.3, -0.25) is 19.7 Å². The minimum absolute atomic E-state index is 0.00208. The van der Waals surface area contributed by atoms with E-state index in [0.29, 0.717) is 0 Å². The van der Waals surface area contributed by atoms with E-state index in [0.717, 1.165) is 44.6 Å². The minimum atomic E-state index is -0.863. The summed E-state index contributed by atoms with van der Waals surface area (Å²) in [5, 5.41) is 15.9. The average molecular weight is 335 g/mol. The number of nitro groups is 1. The van der Waals surface area contributed by atoms with Crippen LogP contribution >= 0.6 is 0 Å². The number of methoxy groups -OCH3 is 1. The zero-order valence-corrected chi connectivity index (χ0v) is 13.5. The predicted octanol–water partition coefficient (Wildman–Crippen LogP) is 2.38. The number of hydrogen-bond acceptors (Lipinski definition) is 5. The largest absolute Gasteiger partial charge is 0.495 e. The van der Waals surface area contributed by atoms with Crippen molar-refractivity contribution in [3.63, 3.8) is 0 Å². The molecule has 8 heteroatoms. The molecular weight excluding hydrogens is 314 g/mol. The summed E-state index contributed by atoms with van der Waals surface area (Å²) in [6.45, 7) is 0. The molecule has 2 rings (SSSR count). The van der Waals surface area contributed by atoms with Gasteiger partial charge in [-0.05, 0) is 18.9 Å². The molecule has 0 saturated heterocycles. The van der Waals surface area contributed by atoms with E-state index in [-0.39, 0.29) is 23.2 Å². The van der Waals surface area contributed by atoms with E-state index in [9.17, 15) is 19.7 Å². The Morgan fingerprint density at radius 2 is 1.83 bits per heavy atom. The Balaban J connectivity index is 2.03. The zero-order chi connectivity index (χ0) is 17.5. The van der Waals surface area contributed by atoms with Crippen molar-refractivity contribution in [2.24, 2.45) is 0 Å². The van der Waals surface area contributed by atoms with Gasteiger partial charge in [-0.25, -0.2) is 0 Å². The Labute approximate surface area is 139 Å². The first kappa shape index (κ1) is 17.7. The molecule has 24 heavy (non-hydrogen) atoms. The number of hydrogen-bond donors (Lipinski definition) is 2. The first-order valence-corrected chi connectivity index (χ1v) is 7.95. The fraction of sp³-hybridized carbons (Fsp3) is 0.500. The molecule has 0 heterocycles. The van der Waals surface area contributed by atoms with E-state index < -0.39 is 16.7 Å². The number of benzene rings is 1. The number of ether oxygens (including phenoxy) is 1. The van der Waals surface area contributed by atoms with Crippen LogP contribution in [0.3, 0.4) is 0 Å². The maximum absolute atomic E-state index is 12.1. The van der Waals surface area contributed by atoms with Gasteiger partial charge in [0.1, 0.15) is 5.75 Å². The standard InChI is InChI=1S/C16H21N3O5/c1-24-14-9-8-12(19(22)23)10-13(14)18-16(21)15(20)17-11-6-4-2-3-5-7-11/h8-11H,2-7H2,1H3,(H,17,20)(H,18,21). The first-order valence-electron chi connectivity index (χ1n) is 7.95. The van der Waals surface area contributed by atoms with Gasteiger partial charge in [0, 0.05) is 18.2 Å². The van der Waals surface area contributed by atoms with Gasteiger partial charge in [-0.2, -0.15) is 0 Å². The Hall–Kier alpha value is -2.64. The lowest BCUT2D eigenvalue weighted by Gasteiger charge is -2.16. The van der Waals surface area contributed by atoms with Crippen LogP contribution in [0.4, 0.5) is 11.4 Å². The van der Waals surface area contributed by atoms with Crippen molar-refractivity contribution < 1.29 is 19.2 Å². The van der Waals surface area contributed by atoms with Crippen LogP contribution in [-0.4, -0.2) is 29.9 Å². The Morgan fingerprint density at radius 3 is 2.42 bits per heavy atom. The second-order valence-electron chi connectivity index (χ2n) is 5.76. The highest BCUT2D eigenvalue weighted by atomic mass is 16.6. The van der Waals surface area contributed by atoms with Crippen molar-refractivity contribution in [3.8, 4) is 5.75 Å². The van der Waals surface area contributed by atoms with Crippen molar-refractivity contribution in [3.05, 3.63) is 28.3 Å². The smallest absolute Gasteiger partial charge is 0.313 e. The molecule has 8 nitrogen and oxygen atoms in total. The summed E-state index contributed by atoms with van der Waals surface area (Å²) < 4.78 is 5.06. The van der Waals surface area contributed by atoms with Crippen molar-refractivity contribution in [2.45, 2.75) is 44.6 Å². The second-order valence-corrected chi connectivity index (χ2v) is 5.76. The van der Waals surface area contributed by atoms with Gasteiger partial charge in [0.05, 0.1) is 17.7 Å². The number of amides is 2. The van der Waals surface area contributed by atoms with Crippen molar-refractivity contribution >= 4 is 23.2 Å². The van der Waals surface area contributed by atoms with Crippen LogP contribution in [0, 0.1) is 10.1 Å². The lowest BCUT2D eigenvalue weighted by Crippen LogP contribution is -2.41. The van der Waals surface area contributed by atoms with E-state index in [1.54, 1.807) is 0 Å². The third kappa shape index (κ3) is 4.68. The number of non-ortho nitro benzene ring substituents is 1. The van der Waals surface area contributed by atoms with Crippen LogP contribution in [0.25, 0.3) is 0 Å². The van der Waals surface area contributed by atoms with Crippen molar-refractivity contribution in [1.82, 2.24) is 5.32 Å². The normalized spacial score (nSPS) is 15.2. The first-order chi connectivity index (χ1) is 11.5. The van der Waals surface area contributed by atoms with E-state index >= 15 is 0 Å². The number of nitrogens with zero attached hydrogens (tertiary/aromatic N) is 1. The molecule has 1 aromatic rings. The summed E-state index contributed by atoms with van der Waals surface area (Å²) in [6, 6.07) is 3.80. The molecular formula is C16H21N3O5. The molecule has 1 saturated carbocycles. The Kier molecular flexibility index (Phi) is 6.11. The molecule has 2 amide bonds.